The van der Waals surface area contributed by atoms with Crippen LogP contribution in [0.4, 0.5) is 11.4 Å². The quantitative estimate of drug-likeness (QED) is 0.529. The maximum atomic E-state index is 12.2. The van der Waals surface area contributed by atoms with Crippen molar-refractivity contribution in [2.45, 2.75) is 39.2 Å². The Morgan fingerprint density at radius 3 is 2.17 bits per heavy atom. The van der Waals surface area contributed by atoms with Crippen molar-refractivity contribution in [2.75, 3.05) is 38.2 Å². The topological polar surface area (TPSA) is 65.0 Å². The van der Waals surface area contributed by atoms with E-state index in [0.717, 1.165) is 35.1 Å². The van der Waals surface area contributed by atoms with Crippen LogP contribution in [0, 0.1) is 0 Å². The number of anilines is 2. The summed E-state index contributed by atoms with van der Waals surface area (Å²) in [7, 11) is 0. The predicted octanol–water partition coefficient (Wildman–Crippen LogP) is 4.17. The average Bonchev–Trinajstić information content (AvgIpc) is 2.74. The molecule has 2 N–H and O–H groups in total. The number of morpholine rings is 1. The summed E-state index contributed by atoms with van der Waals surface area (Å²) in [6, 6.07) is 16.2. The lowest BCUT2D eigenvalue weighted by Crippen LogP contribution is -2.39. The second-order valence-electron chi connectivity index (χ2n) is 8.80. The van der Waals surface area contributed by atoms with Gasteiger partial charge in [-0.15, -0.1) is 0 Å². The first-order valence-electron chi connectivity index (χ1n) is 10.6. The second-order valence-corrected chi connectivity index (χ2v) is 8.80. The summed E-state index contributed by atoms with van der Waals surface area (Å²) in [5.41, 5.74) is 4.30. The third-order valence-corrected chi connectivity index (χ3v) is 5.36. The molecule has 1 fully saturated rings. The average molecular weight is 412 g/mol. The van der Waals surface area contributed by atoms with Gasteiger partial charge in [0.1, 0.15) is 0 Å². The van der Waals surface area contributed by atoms with Crippen molar-refractivity contribution < 1.29 is 14.7 Å². The van der Waals surface area contributed by atoms with Crippen LogP contribution in [0.5, 0.6) is 0 Å². The van der Waals surface area contributed by atoms with Crippen LogP contribution in [0.25, 0.3) is 0 Å². The molecule has 0 atom stereocenters. The Bertz CT molecular complexity index is 807. The zero-order chi connectivity index (χ0) is 21.6. The van der Waals surface area contributed by atoms with Crippen LogP contribution >= 0.6 is 0 Å². The van der Waals surface area contributed by atoms with Gasteiger partial charge in [0.25, 0.3) is 0 Å². The number of nitrogens with one attached hydrogen (secondary N) is 1. The summed E-state index contributed by atoms with van der Waals surface area (Å²) in [5, 5.41) is 14.3. The van der Waals surface area contributed by atoms with Gasteiger partial charge in [-0.25, -0.2) is 5.06 Å². The van der Waals surface area contributed by atoms with Gasteiger partial charge in [0.2, 0.25) is 5.91 Å². The van der Waals surface area contributed by atoms with Crippen LogP contribution < -0.4 is 5.32 Å². The predicted molar refractivity (Wildman–Crippen MR) is 119 cm³/mol. The van der Waals surface area contributed by atoms with Crippen molar-refractivity contribution >= 4 is 17.3 Å². The first-order valence-corrected chi connectivity index (χ1v) is 10.6. The molecule has 1 aliphatic heterocycles. The van der Waals surface area contributed by atoms with Gasteiger partial charge in [0.05, 0.1) is 19.8 Å². The van der Waals surface area contributed by atoms with Crippen molar-refractivity contribution in [1.82, 2.24) is 9.96 Å². The molecule has 6 heteroatoms. The highest BCUT2D eigenvalue weighted by atomic mass is 16.5. The number of nitrogens with zero attached hydrogens (tertiary/aromatic N) is 2. The first kappa shape index (κ1) is 22.3. The molecule has 162 valence electrons. The van der Waals surface area contributed by atoms with Crippen LogP contribution in [-0.4, -0.2) is 53.9 Å². The molecular formula is C24H33N3O3. The number of hydroxylamine groups is 2. The van der Waals surface area contributed by atoms with Gasteiger partial charge in [0.15, 0.2) is 0 Å². The fourth-order valence-corrected chi connectivity index (χ4v) is 3.38. The summed E-state index contributed by atoms with van der Waals surface area (Å²) in [4.78, 5) is 14.4. The van der Waals surface area contributed by atoms with Crippen molar-refractivity contribution in [1.29, 1.82) is 0 Å². The molecule has 0 bridgehead atoms. The van der Waals surface area contributed by atoms with E-state index in [1.165, 1.54) is 5.56 Å². The van der Waals surface area contributed by atoms with E-state index in [1.807, 2.05) is 24.3 Å². The standard InChI is InChI=1S/C24H33N3O3/c1-24(2,3)20-6-10-22(11-7-20)25-21-8-4-19(5-9-21)18-27(29)23(28)12-13-26-14-16-30-17-15-26/h4-11,25,29H,12-18H2,1-3H3. The van der Waals surface area contributed by atoms with Gasteiger partial charge in [-0.3, -0.25) is 14.9 Å². The van der Waals surface area contributed by atoms with Gasteiger partial charge in [-0.2, -0.15) is 0 Å². The largest absolute Gasteiger partial charge is 0.379 e. The van der Waals surface area contributed by atoms with E-state index in [2.05, 4.69) is 55.3 Å². The zero-order valence-electron chi connectivity index (χ0n) is 18.2. The number of carbonyl (C=O) groups excluding carboxylic acids is 1. The highest BCUT2D eigenvalue weighted by Crippen LogP contribution is 2.25. The molecule has 0 unspecified atom stereocenters. The Labute approximate surface area is 179 Å². The third kappa shape index (κ3) is 6.55. The lowest BCUT2D eigenvalue weighted by atomic mass is 9.87. The molecule has 1 aliphatic rings. The Balaban J connectivity index is 1.48. The minimum absolute atomic E-state index is 0.135. The van der Waals surface area contributed by atoms with E-state index >= 15 is 0 Å². The van der Waals surface area contributed by atoms with Crippen LogP contribution in [0.15, 0.2) is 48.5 Å². The lowest BCUT2D eigenvalue weighted by Gasteiger charge is -2.26. The summed E-state index contributed by atoms with van der Waals surface area (Å²) in [6.07, 6.45) is 0.306. The van der Waals surface area contributed by atoms with Gasteiger partial charge in [-0.1, -0.05) is 45.0 Å². The molecule has 0 saturated carbocycles. The Kier molecular flexibility index (Phi) is 7.48. The molecule has 30 heavy (non-hydrogen) atoms. The fourth-order valence-electron chi connectivity index (χ4n) is 3.38. The van der Waals surface area contributed by atoms with E-state index in [9.17, 15) is 10.0 Å². The van der Waals surface area contributed by atoms with Crippen molar-refractivity contribution in [2.24, 2.45) is 0 Å². The maximum Gasteiger partial charge on any atom is 0.247 e. The minimum atomic E-state index is -0.261. The van der Waals surface area contributed by atoms with E-state index in [4.69, 9.17) is 4.74 Å². The lowest BCUT2D eigenvalue weighted by molar-refractivity contribution is -0.168. The summed E-state index contributed by atoms with van der Waals surface area (Å²) >= 11 is 0. The molecule has 0 radical (unpaired) electrons. The number of hydrogen-bond donors (Lipinski definition) is 2. The van der Waals surface area contributed by atoms with Gasteiger partial charge >= 0.3 is 0 Å². The molecule has 2 aromatic rings. The maximum absolute atomic E-state index is 12.2. The summed E-state index contributed by atoms with van der Waals surface area (Å²) in [6.45, 7) is 10.5. The minimum Gasteiger partial charge on any atom is -0.379 e. The van der Waals surface area contributed by atoms with Gasteiger partial charge < -0.3 is 10.1 Å². The van der Waals surface area contributed by atoms with Crippen LogP contribution in [0.2, 0.25) is 0 Å². The Hall–Kier alpha value is -2.41. The molecule has 6 nitrogen and oxygen atoms in total. The van der Waals surface area contributed by atoms with Gasteiger partial charge in [0, 0.05) is 37.4 Å². The van der Waals surface area contributed by atoms with Crippen molar-refractivity contribution in [3.8, 4) is 0 Å². The zero-order valence-corrected chi connectivity index (χ0v) is 18.2. The molecule has 0 aromatic heterocycles. The van der Waals surface area contributed by atoms with E-state index in [0.29, 0.717) is 26.2 Å². The van der Waals surface area contributed by atoms with Crippen molar-refractivity contribution in [3.63, 3.8) is 0 Å². The number of ether oxygens (including phenoxy) is 1. The monoisotopic (exact) mass is 411 g/mol. The number of benzene rings is 2. The highest BCUT2D eigenvalue weighted by molar-refractivity contribution is 5.75. The van der Waals surface area contributed by atoms with E-state index in [-0.39, 0.29) is 17.9 Å². The Morgan fingerprint density at radius 1 is 1.03 bits per heavy atom. The van der Waals surface area contributed by atoms with Crippen LogP contribution in [-0.2, 0) is 21.5 Å². The summed E-state index contributed by atoms with van der Waals surface area (Å²) in [5.74, 6) is -0.261. The van der Waals surface area contributed by atoms with Crippen LogP contribution in [0.3, 0.4) is 0 Å². The normalized spacial score (nSPS) is 15.1. The molecular weight excluding hydrogens is 378 g/mol. The molecule has 1 heterocycles. The second kappa shape index (κ2) is 10.1. The van der Waals surface area contributed by atoms with Gasteiger partial charge in [-0.05, 0) is 40.8 Å². The number of hydrogen-bond acceptors (Lipinski definition) is 5. The molecule has 1 saturated heterocycles. The smallest absolute Gasteiger partial charge is 0.247 e. The van der Waals surface area contributed by atoms with E-state index < -0.39 is 0 Å². The van der Waals surface area contributed by atoms with Crippen molar-refractivity contribution in [3.05, 3.63) is 59.7 Å². The SMILES string of the molecule is CC(C)(C)c1ccc(Nc2ccc(CN(O)C(=O)CCN3CCOCC3)cc2)cc1. The number of rotatable bonds is 7. The third-order valence-electron chi connectivity index (χ3n) is 5.36. The molecule has 3 rings (SSSR count). The Morgan fingerprint density at radius 2 is 1.60 bits per heavy atom. The summed E-state index contributed by atoms with van der Waals surface area (Å²) < 4.78 is 5.31. The molecule has 0 aliphatic carbocycles. The number of amides is 1. The van der Waals surface area contributed by atoms with E-state index in [1.54, 1.807) is 0 Å². The number of carbonyl (C=O) groups is 1. The van der Waals surface area contributed by atoms with Crippen LogP contribution in [0.1, 0.15) is 38.3 Å². The fraction of sp³-hybridized carbons (Fsp3) is 0.458. The first-order chi connectivity index (χ1) is 14.3. The molecule has 1 amide bonds. The highest BCUT2D eigenvalue weighted by Gasteiger charge is 2.16. The molecule has 2 aromatic carbocycles. The molecule has 0 spiro atoms.